The molecule has 156 valence electrons. The first-order chi connectivity index (χ1) is 13.4. The first kappa shape index (κ1) is 22.1. The monoisotopic (exact) mass is 411 g/mol. The Morgan fingerprint density at radius 1 is 1.07 bits per heavy atom. The van der Waals surface area contributed by atoms with Crippen LogP contribution in [-0.4, -0.2) is 78.6 Å². The summed E-state index contributed by atoms with van der Waals surface area (Å²) in [6.07, 6.45) is 4.03. The highest BCUT2D eigenvalue weighted by molar-refractivity contribution is 7.81. The molecule has 4 atom stereocenters. The van der Waals surface area contributed by atoms with Crippen molar-refractivity contribution in [2.24, 2.45) is 5.92 Å². The van der Waals surface area contributed by atoms with Crippen LogP contribution in [0.15, 0.2) is 25.3 Å². The van der Waals surface area contributed by atoms with Crippen molar-refractivity contribution in [1.82, 2.24) is 15.1 Å². The molecule has 2 aliphatic rings. The molecule has 0 radical (unpaired) electrons. The summed E-state index contributed by atoms with van der Waals surface area (Å²) in [6, 6.07) is -0.624. The van der Waals surface area contributed by atoms with E-state index in [1.165, 1.54) is 17.1 Å². The molecule has 2 aliphatic heterocycles. The van der Waals surface area contributed by atoms with E-state index >= 15 is 0 Å². The third kappa shape index (κ3) is 5.43. The lowest BCUT2D eigenvalue weighted by Crippen LogP contribution is -2.45. The molecule has 2 fully saturated rings. The molecule has 1 unspecified atom stereocenters. The van der Waals surface area contributed by atoms with Gasteiger partial charge in [-0.05, 0) is 25.2 Å². The van der Waals surface area contributed by atoms with Gasteiger partial charge in [0.2, 0.25) is 5.91 Å². The van der Waals surface area contributed by atoms with Gasteiger partial charge in [-0.25, -0.2) is 9.59 Å². The van der Waals surface area contributed by atoms with Crippen molar-refractivity contribution >= 4 is 30.7 Å². The molecule has 0 aromatic rings. The minimum Gasteiger partial charge on any atom is -0.445 e. The molecule has 0 spiro atoms. The number of likely N-dealkylation sites (tertiary alicyclic amines) is 2. The fourth-order valence-electron chi connectivity index (χ4n) is 3.86. The molecule has 1 N–H and O–H groups in total. The van der Waals surface area contributed by atoms with Crippen molar-refractivity contribution in [3.05, 3.63) is 25.3 Å². The number of hydrogen-bond acceptors (Lipinski definition) is 6. The van der Waals surface area contributed by atoms with Crippen LogP contribution in [0.25, 0.3) is 0 Å². The molecule has 2 heterocycles. The molecule has 9 heteroatoms. The number of nitrogens with zero attached hydrogens (tertiary/aromatic N) is 2. The third-order valence-corrected chi connectivity index (χ3v) is 5.43. The fraction of sp³-hybridized carbons (Fsp3) is 0.632. The van der Waals surface area contributed by atoms with Gasteiger partial charge in [0.25, 0.3) is 0 Å². The first-order valence-electron chi connectivity index (χ1n) is 9.39. The zero-order valence-electron chi connectivity index (χ0n) is 16.2. The van der Waals surface area contributed by atoms with Gasteiger partial charge in [0.1, 0.15) is 19.3 Å². The Morgan fingerprint density at radius 2 is 1.68 bits per heavy atom. The van der Waals surface area contributed by atoms with E-state index in [0.29, 0.717) is 25.9 Å². The molecular weight excluding hydrogens is 382 g/mol. The summed E-state index contributed by atoms with van der Waals surface area (Å²) in [7, 11) is 1.54. The molecule has 0 bridgehead atoms. The third-order valence-electron chi connectivity index (χ3n) is 5.05. The number of ether oxygens (including phenoxy) is 2. The van der Waals surface area contributed by atoms with E-state index in [4.69, 9.17) is 9.47 Å². The average Bonchev–Trinajstić information content (AvgIpc) is 3.27. The van der Waals surface area contributed by atoms with Crippen LogP contribution in [0.3, 0.4) is 0 Å². The van der Waals surface area contributed by atoms with Crippen LogP contribution in [0.5, 0.6) is 0 Å². The molecule has 2 saturated heterocycles. The van der Waals surface area contributed by atoms with Crippen molar-refractivity contribution in [2.45, 2.75) is 36.6 Å². The van der Waals surface area contributed by atoms with Gasteiger partial charge in [0, 0.05) is 31.4 Å². The highest BCUT2D eigenvalue weighted by Gasteiger charge is 2.43. The topological polar surface area (TPSA) is 88.2 Å². The molecule has 2 rings (SSSR count). The zero-order chi connectivity index (χ0) is 20.7. The van der Waals surface area contributed by atoms with Gasteiger partial charge in [0.15, 0.2) is 0 Å². The van der Waals surface area contributed by atoms with Gasteiger partial charge in [-0.15, -0.1) is 0 Å². The lowest BCUT2D eigenvalue weighted by Gasteiger charge is -2.26. The van der Waals surface area contributed by atoms with E-state index < -0.39 is 12.1 Å². The van der Waals surface area contributed by atoms with Gasteiger partial charge < -0.3 is 19.7 Å². The summed E-state index contributed by atoms with van der Waals surface area (Å²) < 4.78 is 10.3. The van der Waals surface area contributed by atoms with Crippen molar-refractivity contribution < 1.29 is 23.9 Å². The van der Waals surface area contributed by atoms with E-state index in [1.54, 1.807) is 11.9 Å². The van der Waals surface area contributed by atoms with Crippen LogP contribution in [0, 0.1) is 5.92 Å². The van der Waals surface area contributed by atoms with Crippen molar-refractivity contribution in [3.63, 3.8) is 0 Å². The molecule has 28 heavy (non-hydrogen) atoms. The fourth-order valence-corrected chi connectivity index (χ4v) is 4.28. The second kappa shape index (κ2) is 10.4. The first-order valence-corrected chi connectivity index (χ1v) is 9.91. The highest BCUT2D eigenvalue weighted by Crippen LogP contribution is 2.33. The maximum atomic E-state index is 12.3. The standard InChI is InChI=1S/C19H29N3O5S/c1-4-6-26-18(24)21-12-15(28)10-14(21)8-13-9-16(17(23)20-3)22(11-13)19(25)27-7-5-2/h4-5,13-16,28H,1-2,6-12H2,3H3,(H,20,23)/t13?,14-,15+,16+/m1/s1. The Morgan fingerprint density at radius 3 is 2.25 bits per heavy atom. The minimum atomic E-state index is -0.582. The molecule has 8 nitrogen and oxygen atoms in total. The van der Waals surface area contributed by atoms with Crippen LogP contribution in [0.2, 0.25) is 0 Å². The zero-order valence-corrected chi connectivity index (χ0v) is 17.1. The Kier molecular flexibility index (Phi) is 8.22. The summed E-state index contributed by atoms with van der Waals surface area (Å²) in [6.45, 7) is 8.24. The SMILES string of the molecule is C=CCOC(=O)N1C[C@@H](S)C[C@H]1CC1C[C@@H](C(=O)NC)N(C(=O)OCC=C)C1. The van der Waals surface area contributed by atoms with Crippen molar-refractivity contribution in [3.8, 4) is 0 Å². The number of rotatable bonds is 7. The van der Waals surface area contributed by atoms with Crippen molar-refractivity contribution in [1.29, 1.82) is 0 Å². The number of carbonyl (C=O) groups excluding carboxylic acids is 3. The largest absolute Gasteiger partial charge is 0.445 e. The van der Waals surface area contributed by atoms with Crippen molar-refractivity contribution in [2.75, 3.05) is 33.4 Å². The number of hydrogen-bond donors (Lipinski definition) is 2. The molecule has 3 amide bonds. The van der Waals surface area contributed by atoms with Crippen LogP contribution in [0.1, 0.15) is 19.3 Å². The van der Waals surface area contributed by atoms with E-state index in [0.717, 1.165) is 6.42 Å². The average molecular weight is 412 g/mol. The maximum absolute atomic E-state index is 12.3. The van der Waals surface area contributed by atoms with Gasteiger partial charge in [0.05, 0.1) is 0 Å². The van der Waals surface area contributed by atoms with Crippen LogP contribution >= 0.6 is 12.6 Å². The van der Waals surface area contributed by atoms with Gasteiger partial charge >= 0.3 is 12.2 Å². The van der Waals surface area contributed by atoms with Crippen LogP contribution in [-0.2, 0) is 14.3 Å². The summed E-state index contributed by atoms with van der Waals surface area (Å²) in [5.41, 5.74) is 0. The number of thiol groups is 1. The van der Waals surface area contributed by atoms with E-state index in [1.807, 2.05) is 0 Å². The second-order valence-corrected chi connectivity index (χ2v) is 7.78. The lowest BCUT2D eigenvalue weighted by atomic mass is 9.95. The van der Waals surface area contributed by atoms with Crippen LogP contribution < -0.4 is 5.32 Å². The summed E-state index contributed by atoms with van der Waals surface area (Å²) >= 11 is 4.52. The van der Waals surface area contributed by atoms with Gasteiger partial charge in [-0.3, -0.25) is 9.69 Å². The van der Waals surface area contributed by atoms with Gasteiger partial charge in [-0.2, -0.15) is 12.6 Å². The Labute approximate surface area is 171 Å². The second-order valence-electron chi connectivity index (χ2n) is 7.05. The number of amides is 3. The maximum Gasteiger partial charge on any atom is 0.410 e. The number of likely N-dealkylation sites (N-methyl/N-ethyl adjacent to an activating group) is 1. The molecule has 0 aromatic heterocycles. The minimum absolute atomic E-state index is 0.0423. The van der Waals surface area contributed by atoms with E-state index in [-0.39, 0.29) is 42.4 Å². The summed E-state index contributed by atoms with van der Waals surface area (Å²) in [4.78, 5) is 40.0. The molecule has 0 saturated carbocycles. The highest BCUT2D eigenvalue weighted by atomic mass is 32.1. The van der Waals surface area contributed by atoms with Crippen LogP contribution in [0.4, 0.5) is 9.59 Å². The molecular formula is C19H29N3O5S. The quantitative estimate of drug-likeness (QED) is 0.493. The summed E-state index contributed by atoms with van der Waals surface area (Å²) in [5.74, 6) is -0.157. The van der Waals surface area contributed by atoms with E-state index in [9.17, 15) is 14.4 Å². The lowest BCUT2D eigenvalue weighted by molar-refractivity contribution is -0.124. The number of carbonyl (C=O) groups is 3. The summed E-state index contributed by atoms with van der Waals surface area (Å²) in [5, 5.41) is 2.68. The Hall–Kier alpha value is -2.16. The molecule has 0 aromatic carbocycles. The number of nitrogens with one attached hydrogen (secondary N) is 1. The normalized spacial score (nSPS) is 26.6. The Balaban J connectivity index is 2.04. The molecule has 0 aliphatic carbocycles. The van der Waals surface area contributed by atoms with E-state index in [2.05, 4.69) is 31.1 Å². The predicted octanol–water partition coefficient (Wildman–Crippen LogP) is 1.83. The Bertz CT molecular complexity index is 614. The predicted molar refractivity (Wildman–Crippen MR) is 108 cm³/mol. The van der Waals surface area contributed by atoms with Gasteiger partial charge in [-0.1, -0.05) is 25.3 Å². The smallest absolute Gasteiger partial charge is 0.410 e.